The van der Waals surface area contributed by atoms with Crippen LogP contribution in [0.5, 0.6) is 0 Å². The summed E-state index contributed by atoms with van der Waals surface area (Å²) in [5.41, 5.74) is 0. The van der Waals surface area contributed by atoms with Crippen molar-refractivity contribution in [1.29, 1.82) is 0 Å². The van der Waals surface area contributed by atoms with E-state index in [4.69, 9.17) is 0 Å². The van der Waals surface area contributed by atoms with Crippen molar-refractivity contribution in [2.24, 2.45) is 5.92 Å². The molecule has 1 N–H and O–H groups in total. The van der Waals surface area contributed by atoms with Crippen LogP contribution in [0.15, 0.2) is 0 Å². The van der Waals surface area contributed by atoms with Crippen LogP contribution in [-0.2, 0) is 0 Å². The van der Waals surface area contributed by atoms with E-state index in [0.717, 1.165) is 12.0 Å². The molecule has 0 amide bonds. The fraction of sp³-hybridized carbons (Fsp3) is 1.00. The highest BCUT2D eigenvalue weighted by atomic mass is 15.2. The molecule has 2 atom stereocenters. The molecule has 0 aliphatic carbocycles. The average Bonchev–Trinajstić information content (AvgIpc) is 2.67. The summed E-state index contributed by atoms with van der Waals surface area (Å²) >= 11 is 0. The molecule has 0 aromatic rings. The largest absolute Gasteiger partial charge is 0.315 e. The molecule has 0 spiro atoms. The normalized spacial score (nSPS) is 30.6. The van der Waals surface area contributed by atoms with Gasteiger partial charge in [-0.25, -0.2) is 0 Å². The third-order valence-electron chi connectivity index (χ3n) is 3.01. The van der Waals surface area contributed by atoms with Crippen molar-refractivity contribution in [2.75, 3.05) is 26.7 Å². The summed E-state index contributed by atoms with van der Waals surface area (Å²) in [5, 5.41) is 3.44. The van der Waals surface area contributed by atoms with Gasteiger partial charge in [-0.3, -0.25) is 0 Å². The number of likely N-dealkylation sites (N-methyl/N-ethyl adjacent to an activating group) is 1. The van der Waals surface area contributed by atoms with Gasteiger partial charge in [0.05, 0.1) is 0 Å². The number of fused-ring (bicyclic) bond motifs is 1. The molecule has 86 valence electrons. The number of hydrogen-bond donors (Lipinski definition) is 1. The van der Waals surface area contributed by atoms with E-state index in [1.165, 1.54) is 32.5 Å². The van der Waals surface area contributed by atoms with Gasteiger partial charge in [0.2, 0.25) is 0 Å². The van der Waals surface area contributed by atoms with E-state index < -0.39 is 0 Å². The molecule has 2 fully saturated rings. The van der Waals surface area contributed by atoms with Gasteiger partial charge < -0.3 is 10.2 Å². The molecular weight excluding hydrogens is 172 g/mol. The molecule has 2 heterocycles. The third kappa shape index (κ3) is 3.58. The van der Waals surface area contributed by atoms with Crippen LogP contribution in [0, 0.1) is 5.92 Å². The standard InChI is InChI=1S/C8H16N2.2C2H6/c1-10-5-3-7-2-4-9-6-8(7)10;2*1-2/h7-9H,2-6H2,1H3;2*1-2H3. The molecule has 2 heteroatoms. The van der Waals surface area contributed by atoms with Crippen molar-refractivity contribution < 1.29 is 0 Å². The van der Waals surface area contributed by atoms with E-state index in [1.54, 1.807) is 0 Å². The molecule has 0 aromatic carbocycles. The first-order valence-electron chi connectivity index (χ1n) is 6.29. The number of likely N-dealkylation sites (tertiary alicyclic amines) is 1. The Kier molecular flexibility index (Phi) is 8.20. The maximum Gasteiger partial charge on any atom is 0.0246 e. The first-order valence-corrected chi connectivity index (χ1v) is 6.29. The van der Waals surface area contributed by atoms with Crippen molar-refractivity contribution in [1.82, 2.24) is 10.2 Å². The fourth-order valence-corrected chi connectivity index (χ4v) is 2.28. The average molecular weight is 200 g/mol. The first kappa shape index (κ1) is 13.9. The van der Waals surface area contributed by atoms with Gasteiger partial charge in [-0.15, -0.1) is 0 Å². The number of rotatable bonds is 0. The highest BCUT2D eigenvalue weighted by molar-refractivity contribution is 4.89. The number of nitrogens with one attached hydrogen (secondary N) is 1. The predicted molar refractivity (Wildman–Crippen MR) is 64.7 cm³/mol. The zero-order chi connectivity index (χ0) is 11.0. The van der Waals surface area contributed by atoms with Gasteiger partial charge in [0.25, 0.3) is 0 Å². The van der Waals surface area contributed by atoms with Gasteiger partial charge in [0.15, 0.2) is 0 Å². The molecule has 2 nitrogen and oxygen atoms in total. The minimum Gasteiger partial charge on any atom is -0.315 e. The summed E-state index contributed by atoms with van der Waals surface area (Å²) in [6, 6.07) is 0.855. The van der Waals surface area contributed by atoms with Crippen LogP contribution in [-0.4, -0.2) is 37.6 Å². The van der Waals surface area contributed by atoms with E-state index >= 15 is 0 Å². The maximum absolute atomic E-state index is 3.44. The van der Waals surface area contributed by atoms with E-state index in [0.29, 0.717) is 0 Å². The first-order chi connectivity index (χ1) is 6.88. The van der Waals surface area contributed by atoms with Gasteiger partial charge in [-0.2, -0.15) is 0 Å². The van der Waals surface area contributed by atoms with Gasteiger partial charge in [0.1, 0.15) is 0 Å². The van der Waals surface area contributed by atoms with Gasteiger partial charge in [0, 0.05) is 12.6 Å². The zero-order valence-corrected chi connectivity index (χ0v) is 10.6. The Morgan fingerprint density at radius 2 is 1.71 bits per heavy atom. The van der Waals surface area contributed by atoms with E-state index in [1.807, 2.05) is 27.7 Å². The summed E-state index contributed by atoms with van der Waals surface area (Å²) in [4.78, 5) is 2.50. The Bertz CT molecular complexity index is 123. The zero-order valence-electron chi connectivity index (χ0n) is 10.6. The van der Waals surface area contributed by atoms with E-state index in [9.17, 15) is 0 Å². The van der Waals surface area contributed by atoms with Crippen LogP contribution < -0.4 is 5.32 Å². The number of hydrogen-bond acceptors (Lipinski definition) is 2. The van der Waals surface area contributed by atoms with Crippen molar-refractivity contribution >= 4 is 0 Å². The molecule has 2 unspecified atom stereocenters. The minimum atomic E-state index is 0.855. The van der Waals surface area contributed by atoms with Crippen molar-refractivity contribution in [3.63, 3.8) is 0 Å². The molecule has 2 saturated heterocycles. The Hall–Kier alpha value is -0.0800. The van der Waals surface area contributed by atoms with Gasteiger partial charge in [-0.1, -0.05) is 27.7 Å². The Morgan fingerprint density at radius 1 is 1.07 bits per heavy atom. The molecule has 0 bridgehead atoms. The van der Waals surface area contributed by atoms with E-state index in [2.05, 4.69) is 17.3 Å². The number of nitrogens with zero attached hydrogens (tertiary/aromatic N) is 1. The quantitative estimate of drug-likeness (QED) is 0.646. The maximum atomic E-state index is 3.44. The summed E-state index contributed by atoms with van der Waals surface area (Å²) in [5.74, 6) is 1.01. The summed E-state index contributed by atoms with van der Waals surface area (Å²) in [7, 11) is 2.25. The molecule has 2 rings (SSSR count). The van der Waals surface area contributed by atoms with Crippen LogP contribution in [0.1, 0.15) is 40.5 Å². The minimum absolute atomic E-state index is 0.855. The topological polar surface area (TPSA) is 15.3 Å². The Labute approximate surface area is 90.1 Å². The Morgan fingerprint density at radius 3 is 2.29 bits per heavy atom. The smallest absolute Gasteiger partial charge is 0.0246 e. The lowest BCUT2D eigenvalue weighted by Gasteiger charge is -2.29. The summed E-state index contributed by atoms with van der Waals surface area (Å²) in [6.07, 6.45) is 2.83. The fourth-order valence-electron chi connectivity index (χ4n) is 2.28. The van der Waals surface area contributed by atoms with Crippen molar-refractivity contribution in [3.8, 4) is 0 Å². The molecule has 0 saturated carbocycles. The van der Waals surface area contributed by atoms with Crippen LogP contribution in [0.4, 0.5) is 0 Å². The second kappa shape index (κ2) is 8.25. The van der Waals surface area contributed by atoms with Crippen LogP contribution in [0.3, 0.4) is 0 Å². The van der Waals surface area contributed by atoms with Crippen LogP contribution in [0.2, 0.25) is 0 Å². The SMILES string of the molecule is CC.CC.CN1CCC2CCNCC21. The highest BCUT2D eigenvalue weighted by Crippen LogP contribution is 2.26. The van der Waals surface area contributed by atoms with Crippen molar-refractivity contribution in [2.45, 2.75) is 46.6 Å². The van der Waals surface area contributed by atoms with Crippen LogP contribution >= 0.6 is 0 Å². The monoisotopic (exact) mass is 200 g/mol. The van der Waals surface area contributed by atoms with Gasteiger partial charge in [-0.05, 0) is 38.9 Å². The summed E-state index contributed by atoms with van der Waals surface area (Å²) < 4.78 is 0. The van der Waals surface area contributed by atoms with Crippen LogP contribution in [0.25, 0.3) is 0 Å². The lowest BCUT2D eigenvalue weighted by Crippen LogP contribution is -2.44. The molecule has 2 aliphatic heterocycles. The third-order valence-corrected chi connectivity index (χ3v) is 3.01. The lowest BCUT2D eigenvalue weighted by molar-refractivity contribution is 0.229. The number of piperidine rings is 1. The van der Waals surface area contributed by atoms with Crippen molar-refractivity contribution in [3.05, 3.63) is 0 Å². The molecule has 0 aromatic heterocycles. The molecular formula is C12H28N2. The highest BCUT2D eigenvalue weighted by Gasteiger charge is 2.32. The molecule has 0 radical (unpaired) electrons. The second-order valence-electron chi connectivity index (χ2n) is 3.59. The Balaban J connectivity index is 0.000000379. The molecule has 14 heavy (non-hydrogen) atoms. The van der Waals surface area contributed by atoms with E-state index in [-0.39, 0.29) is 0 Å². The predicted octanol–water partition coefficient (Wildman–Crippen LogP) is 2.35. The summed E-state index contributed by atoms with van der Waals surface area (Å²) in [6.45, 7) is 11.8. The second-order valence-corrected chi connectivity index (χ2v) is 3.59. The van der Waals surface area contributed by atoms with Gasteiger partial charge >= 0.3 is 0 Å². The molecule has 2 aliphatic rings. The lowest BCUT2D eigenvalue weighted by atomic mass is 9.94.